The Hall–Kier alpha value is -2.11. The van der Waals surface area contributed by atoms with E-state index in [9.17, 15) is 4.79 Å². The average molecular weight is 304 g/mol. The highest BCUT2D eigenvalue weighted by Gasteiger charge is 2.23. The summed E-state index contributed by atoms with van der Waals surface area (Å²) < 4.78 is 7.06. The number of carbonyl (C=O) groups is 1. The Labute approximate surface area is 131 Å². The minimum Gasteiger partial charge on any atom is -0.462 e. The van der Waals surface area contributed by atoms with Gasteiger partial charge in [0.2, 0.25) is 0 Å². The van der Waals surface area contributed by atoms with E-state index in [1.165, 1.54) is 0 Å². The topological polar surface area (TPSA) is 60.2 Å². The first kappa shape index (κ1) is 16.3. The molecule has 22 heavy (non-hydrogen) atoms. The molecule has 0 aliphatic carbocycles. The van der Waals surface area contributed by atoms with Crippen LogP contribution < -0.4 is 4.90 Å². The Bertz CT molecular complexity index is 674. The lowest BCUT2D eigenvalue weighted by atomic mass is 10.1. The van der Waals surface area contributed by atoms with E-state index in [2.05, 4.69) is 28.8 Å². The van der Waals surface area contributed by atoms with Crippen molar-refractivity contribution in [2.75, 3.05) is 24.6 Å². The summed E-state index contributed by atoms with van der Waals surface area (Å²) >= 11 is 0. The highest BCUT2D eigenvalue weighted by molar-refractivity contribution is 6.05. The third-order valence-corrected chi connectivity index (χ3v) is 3.78. The predicted molar refractivity (Wildman–Crippen MR) is 87.5 cm³/mol. The lowest BCUT2D eigenvalue weighted by molar-refractivity contribution is 0.0527. The van der Waals surface area contributed by atoms with Gasteiger partial charge in [-0.3, -0.25) is 0 Å². The monoisotopic (exact) mass is 304 g/mol. The zero-order valence-electron chi connectivity index (χ0n) is 14.0. The van der Waals surface area contributed by atoms with Crippen LogP contribution in [0.2, 0.25) is 0 Å². The van der Waals surface area contributed by atoms with Gasteiger partial charge in [0.1, 0.15) is 5.56 Å². The third kappa shape index (κ3) is 2.65. The molecular weight excluding hydrogens is 280 g/mol. The summed E-state index contributed by atoms with van der Waals surface area (Å²) in [7, 11) is 0. The van der Waals surface area contributed by atoms with Crippen molar-refractivity contribution in [3.8, 4) is 0 Å². The van der Waals surface area contributed by atoms with Crippen molar-refractivity contribution in [2.24, 2.45) is 0 Å². The van der Waals surface area contributed by atoms with Crippen LogP contribution in [0.1, 0.15) is 43.7 Å². The van der Waals surface area contributed by atoms with Crippen LogP contribution in [0.5, 0.6) is 0 Å². The van der Waals surface area contributed by atoms with Crippen LogP contribution >= 0.6 is 0 Å². The number of rotatable bonds is 6. The van der Waals surface area contributed by atoms with Crippen LogP contribution in [0.4, 0.5) is 5.69 Å². The van der Waals surface area contributed by atoms with Crippen molar-refractivity contribution in [1.82, 2.24) is 14.8 Å². The second-order valence-corrected chi connectivity index (χ2v) is 5.01. The number of fused-ring (bicyclic) bond motifs is 1. The van der Waals surface area contributed by atoms with Gasteiger partial charge in [0.15, 0.2) is 5.65 Å². The summed E-state index contributed by atoms with van der Waals surface area (Å²) in [5.74, 6) is -0.331. The van der Waals surface area contributed by atoms with Crippen LogP contribution in [0, 0.1) is 6.92 Å². The van der Waals surface area contributed by atoms with E-state index >= 15 is 0 Å². The Morgan fingerprint density at radius 1 is 1.27 bits per heavy atom. The Morgan fingerprint density at radius 3 is 2.50 bits per heavy atom. The molecule has 0 fully saturated rings. The number of ether oxygens (including phenoxy) is 1. The lowest BCUT2D eigenvalue weighted by Crippen LogP contribution is -2.25. The Morgan fingerprint density at radius 2 is 1.95 bits per heavy atom. The number of carbonyl (C=O) groups excluding carboxylic acids is 1. The normalized spacial score (nSPS) is 11.0. The molecule has 6 nitrogen and oxygen atoms in total. The Kier molecular flexibility index (Phi) is 5.00. The van der Waals surface area contributed by atoms with Crippen molar-refractivity contribution >= 4 is 22.7 Å². The molecule has 6 heteroatoms. The summed E-state index contributed by atoms with van der Waals surface area (Å²) in [6.45, 7) is 12.6. The van der Waals surface area contributed by atoms with E-state index in [1.807, 2.05) is 18.5 Å². The number of esters is 1. The highest BCUT2D eigenvalue weighted by atomic mass is 16.5. The largest absolute Gasteiger partial charge is 0.462 e. The molecule has 0 saturated carbocycles. The summed E-state index contributed by atoms with van der Waals surface area (Å²) in [5, 5.41) is 5.48. The molecule has 0 N–H and O–H groups in total. The second-order valence-electron chi connectivity index (χ2n) is 5.01. The van der Waals surface area contributed by atoms with Gasteiger partial charge in [-0.25, -0.2) is 14.5 Å². The van der Waals surface area contributed by atoms with E-state index in [0.717, 1.165) is 42.0 Å². The minimum atomic E-state index is -0.331. The summed E-state index contributed by atoms with van der Waals surface area (Å²) in [4.78, 5) is 18.9. The number of pyridine rings is 1. The lowest BCUT2D eigenvalue weighted by Gasteiger charge is -2.24. The molecule has 2 aromatic heterocycles. The van der Waals surface area contributed by atoms with Crippen molar-refractivity contribution in [3.05, 3.63) is 17.5 Å². The SMILES string of the molecule is CCOC(=O)c1cnc2c(c(C)nn2CC)c1N(CC)CC. The zero-order valence-corrected chi connectivity index (χ0v) is 14.0. The molecule has 2 aromatic rings. The van der Waals surface area contributed by atoms with Crippen LogP contribution in [-0.4, -0.2) is 40.4 Å². The highest BCUT2D eigenvalue weighted by Crippen LogP contribution is 2.32. The van der Waals surface area contributed by atoms with Crippen LogP contribution in [0.25, 0.3) is 11.0 Å². The Balaban J connectivity index is 2.77. The summed E-state index contributed by atoms with van der Waals surface area (Å²) in [6.07, 6.45) is 1.61. The maximum absolute atomic E-state index is 12.3. The smallest absolute Gasteiger partial charge is 0.341 e. The standard InChI is InChI=1S/C16H24N4O2/c1-6-19(7-2)14-12(16(21)22-9-4)10-17-15-13(14)11(5)18-20(15)8-3/h10H,6-9H2,1-5H3. The number of anilines is 1. The summed E-state index contributed by atoms with van der Waals surface area (Å²) in [6, 6.07) is 0. The molecule has 0 aromatic carbocycles. The molecule has 120 valence electrons. The van der Waals surface area contributed by atoms with E-state index in [1.54, 1.807) is 13.1 Å². The average Bonchev–Trinajstić information content (AvgIpc) is 2.85. The van der Waals surface area contributed by atoms with E-state index in [4.69, 9.17) is 4.74 Å². The van der Waals surface area contributed by atoms with Crippen molar-refractivity contribution < 1.29 is 9.53 Å². The quantitative estimate of drug-likeness (QED) is 0.768. The van der Waals surface area contributed by atoms with Gasteiger partial charge < -0.3 is 9.64 Å². The van der Waals surface area contributed by atoms with Gasteiger partial charge in [0.25, 0.3) is 0 Å². The molecule has 0 saturated heterocycles. The van der Waals surface area contributed by atoms with Crippen LogP contribution in [0.15, 0.2) is 6.20 Å². The zero-order chi connectivity index (χ0) is 16.3. The van der Waals surface area contributed by atoms with Crippen molar-refractivity contribution in [3.63, 3.8) is 0 Å². The first-order chi connectivity index (χ1) is 10.6. The van der Waals surface area contributed by atoms with E-state index < -0.39 is 0 Å². The maximum Gasteiger partial charge on any atom is 0.341 e. The fourth-order valence-electron chi connectivity index (χ4n) is 2.75. The molecule has 0 aliphatic rings. The first-order valence-corrected chi connectivity index (χ1v) is 7.87. The van der Waals surface area contributed by atoms with Gasteiger partial charge in [-0.1, -0.05) is 0 Å². The minimum absolute atomic E-state index is 0.331. The first-order valence-electron chi connectivity index (χ1n) is 7.87. The van der Waals surface area contributed by atoms with Crippen molar-refractivity contribution in [1.29, 1.82) is 0 Å². The molecule has 2 rings (SSSR count). The molecule has 0 atom stereocenters. The molecule has 2 heterocycles. The van der Waals surface area contributed by atoms with E-state index in [0.29, 0.717) is 12.2 Å². The molecular formula is C16H24N4O2. The number of hydrogen-bond donors (Lipinski definition) is 0. The van der Waals surface area contributed by atoms with Crippen molar-refractivity contribution in [2.45, 2.75) is 41.2 Å². The fraction of sp³-hybridized carbons (Fsp3) is 0.562. The van der Waals surface area contributed by atoms with Gasteiger partial charge >= 0.3 is 5.97 Å². The maximum atomic E-state index is 12.3. The molecule has 0 spiro atoms. The second kappa shape index (κ2) is 6.77. The van der Waals surface area contributed by atoms with Gasteiger partial charge in [-0.2, -0.15) is 5.10 Å². The van der Waals surface area contributed by atoms with Crippen LogP contribution in [-0.2, 0) is 11.3 Å². The summed E-state index contributed by atoms with van der Waals surface area (Å²) in [5.41, 5.74) is 3.09. The van der Waals surface area contributed by atoms with Gasteiger partial charge in [-0.15, -0.1) is 0 Å². The van der Waals surface area contributed by atoms with Crippen LogP contribution in [0.3, 0.4) is 0 Å². The van der Waals surface area contributed by atoms with Gasteiger partial charge in [0, 0.05) is 25.8 Å². The van der Waals surface area contributed by atoms with Gasteiger partial charge in [0.05, 0.1) is 23.4 Å². The molecule has 0 aliphatic heterocycles. The molecule has 0 unspecified atom stereocenters. The molecule has 0 bridgehead atoms. The number of aryl methyl sites for hydroxylation is 2. The number of hydrogen-bond acceptors (Lipinski definition) is 5. The van der Waals surface area contributed by atoms with E-state index in [-0.39, 0.29) is 5.97 Å². The molecule has 0 radical (unpaired) electrons. The van der Waals surface area contributed by atoms with Gasteiger partial charge in [-0.05, 0) is 34.6 Å². The molecule has 0 amide bonds. The fourth-order valence-corrected chi connectivity index (χ4v) is 2.75. The number of aromatic nitrogens is 3. The predicted octanol–water partition coefficient (Wildman–Crippen LogP) is 2.78. The third-order valence-electron chi connectivity index (χ3n) is 3.78. The number of nitrogens with zero attached hydrogens (tertiary/aromatic N) is 4.